The van der Waals surface area contributed by atoms with Crippen LogP contribution in [0.2, 0.25) is 0 Å². The zero-order chi connectivity index (χ0) is 10.6. The van der Waals surface area contributed by atoms with Gasteiger partial charge in [-0.05, 0) is 6.07 Å². The molecule has 0 spiro atoms. The number of carboxylic acid groups (broad SMARTS) is 1. The lowest BCUT2D eigenvalue weighted by atomic mass is 10.4. The van der Waals surface area contributed by atoms with Gasteiger partial charge in [0.1, 0.15) is 0 Å². The quantitative estimate of drug-likeness (QED) is 0.800. The molecule has 14 heavy (non-hydrogen) atoms. The van der Waals surface area contributed by atoms with E-state index in [4.69, 9.17) is 5.11 Å². The summed E-state index contributed by atoms with van der Waals surface area (Å²) in [6.07, 6.45) is -0.384. The van der Waals surface area contributed by atoms with E-state index in [0.29, 0.717) is 0 Å². The predicted molar refractivity (Wildman–Crippen MR) is 49.6 cm³/mol. The minimum atomic E-state index is -3.49. The second-order valence-electron chi connectivity index (χ2n) is 2.69. The van der Waals surface area contributed by atoms with Gasteiger partial charge in [-0.2, -0.15) is 0 Å². The average molecular weight is 213 g/mol. The van der Waals surface area contributed by atoms with Gasteiger partial charge >= 0.3 is 5.97 Å². The molecule has 4 nitrogen and oxygen atoms in total. The van der Waals surface area contributed by atoms with Gasteiger partial charge in [-0.15, -0.1) is 0 Å². The third-order valence-corrected chi connectivity index (χ3v) is 3.27. The Labute approximate surface area is 82.1 Å². The SMILES string of the molecule is O=C(O)CCS(=O)(=O)c1[c]cccc1. The van der Waals surface area contributed by atoms with E-state index in [0.717, 1.165) is 0 Å². The van der Waals surface area contributed by atoms with Crippen molar-refractivity contribution in [1.82, 2.24) is 0 Å². The summed E-state index contributed by atoms with van der Waals surface area (Å²) in [6, 6.07) is 8.65. The average Bonchev–Trinajstić information content (AvgIpc) is 2.16. The van der Waals surface area contributed by atoms with Crippen molar-refractivity contribution >= 4 is 15.8 Å². The molecule has 1 aromatic rings. The molecule has 0 bridgehead atoms. The fourth-order valence-corrected chi connectivity index (χ4v) is 2.10. The first-order valence-electron chi connectivity index (χ1n) is 3.93. The van der Waals surface area contributed by atoms with Gasteiger partial charge in [-0.3, -0.25) is 4.79 Å². The molecular formula is C9H9O4S. The molecule has 0 heterocycles. The Kier molecular flexibility index (Phi) is 3.24. The van der Waals surface area contributed by atoms with E-state index < -0.39 is 15.8 Å². The maximum atomic E-state index is 11.4. The lowest BCUT2D eigenvalue weighted by molar-refractivity contribution is -0.136. The minimum absolute atomic E-state index is 0.0428. The Balaban J connectivity index is 2.82. The van der Waals surface area contributed by atoms with Crippen LogP contribution in [0.5, 0.6) is 0 Å². The van der Waals surface area contributed by atoms with Gasteiger partial charge in [0.2, 0.25) is 0 Å². The van der Waals surface area contributed by atoms with Crippen LogP contribution in [0, 0.1) is 6.07 Å². The smallest absolute Gasteiger partial charge is 0.304 e. The van der Waals surface area contributed by atoms with Crippen LogP contribution < -0.4 is 0 Å². The van der Waals surface area contributed by atoms with Crippen LogP contribution in [0.4, 0.5) is 0 Å². The van der Waals surface area contributed by atoms with Gasteiger partial charge in [0.25, 0.3) is 0 Å². The Bertz CT molecular complexity index is 408. The van der Waals surface area contributed by atoms with E-state index in [-0.39, 0.29) is 17.1 Å². The van der Waals surface area contributed by atoms with Crippen LogP contribution in [0.3, 0.4) is 0 Å². The standard InChI is InChI=1S/C9H9O4S/c10-9(11)6-7-14(12,13)8-4-2-1-3-5-8/h1-4H,6-7H2,(H,10,11). The summed E-state index contributed by atoms with van der Waals surface area (Å²) < 4.78 is 22.9. The van der Waals surface area contributed by atoms with E-state index in [1.165, 1.54) is 12.1 Å². The summed E-state index contributed by atoms with van der Waals surface area (Å²) in [6.45, 7) is 0. The highest BCUT2D eigenvalue weighted by Crippen LogP contribution is 2.10. The summed E-state index contributed by atoms with van der Waals surface area (Å²) in [5.41, 5.74) is 0. The van der Waals surface area contributed by atoms with Crippen molar-refractivity contribution in [2.45, 2.75) is 11.3 Å². The summed E-state index contributed by atoms with van der Waals surface area (Å²) in [5, 5.41) is 8.35. The van der Waals surface area contributed by atoms with E-state index in [1.54, 1.807) is 12.1 Å². The zero-order valence-electron chi connectivity index (χ0n) is 7.30. The number of sulfone groups is 1. The molecule has 0 aliphatic carbocycles. The van der Waals surface area contributed by atoms with Crippen molar-refractivity contribution in [2.75, 3.05) is 5.75 Å². The van der Waals surface area contributed by atoms with Crippen LogP contribution in [0.1, 0.15) is 6.42 Å². The maximum Gasteiger partial charge on any atom is 0.304 e. The number of carbonyl (C=O) groups is 1. The molecule has 0 fully saturated rings. The fraction of sp³-hybridized carbons (Fsp3) is 0.222. The molecule has 0 aliphatic rings. The minimum Gasteiger partial charge on any atom is -0.481 e. The molecule has 0 amide bonds. The second-order valence-corrected chi connectivity index (χ2v) is 4.77. The molecular weight excluding hydrogens is 204 g/mol. The second kappa shape index (κ2) is 4.23. The summed E-state index contributed by atoms with van der Waals surface area (Å²) >= 11 is 0. The molecule has 0 atom stereocenters. The fourth-order valence-electron chi connectivity index (χ4n) is 0.902. The van der Waals surface area contributed by atoms with E-state index >= 15 is 0 Å². The molecule has 1 rings (SSSR count). The van der Waals surface area contributed by atoms with Crippen LogP contribution in [0.25, 0.3) is 0 Å². The van der Waals surface area contributed by atoms with E-state index in [9.17, 15) is 13.2 Å². The monoisotopic (exact) mass is 213 g/mol. The van der Waals surface area contributed by atoms with E-state index in [1.807, 2.05) is 0 Å². The molecule has 0 aromatic heterocycles. The van der Waals surface area contributed by atoms with Gasteiger partial charge in [-0.25, -0.2) is 8.42 Å². The first-order valence-corrected chi connectivity index (χ1v) is 5.59. The lowest BCUT2D eigenvalue weighted by Crippen LogP contribution is -2.10. The Morgan fingerprint density at radius 1 is 1.43 bits per heavy atom. The number of carboxylic acids is 1. The van der Waals surface area contributed by atoms with Crippen LogP contribution >= 0.6 is 0 Å². The number of benzene rings is 1. The van der Waals surface area contributed by atoms with Gasteiger partial charge in [0.05, 0.1) is 17.1 Å². The Morgan fingerprint density at radius 3 is 2.64 bits per heavy atom. The number of hydrogen-bond donors (Lipinski definition) is 1. The highest BCUT2D eigenvalue weighted by molar-refractivity contribution is 7.91. The largest absolute Gasteiger partial charge is 0.481 e. The third kappa shape index (κ3) is 2.85. The van der Waals surface area contributed by atoms with Crippen molar-refractivity contribution in [3.8, 4) is 0 Å². The van der Waals surface area contributed by atoms with Gasteiger partial charge < -0.3 is 5.11 Å². The molecule has 75 valence electrons. The molecule has 0 aliphatic heterocycles. The van der Waals surface area contributed by atoms with Crippen molar-refractivity contribution in [3.63, 3.8) is 0 Å². The highest BCUT2D eigenvalue weighted by atomic mass is 32.2. The lowest BCUT2D eigenvalue weighted by Gasteiger charge is -2.00. The van der Waals surface area contributed by atoms with Crippen molar-refractivity contribution in [3.05, 3.63) is 30.3 Å². The molecule has 0 saturated carbocycles. The molecule has 1 radical (unpaired) electrons. The summed E-state index contributed by atoms with van der Waals surface area (Å²) in [7, 11) is -3.49. The normalized spacial score (nSPS) is 11.1. The summed E-state index contributed by atoms with van der Waals surface area (Å²) in [4.78, 5) is 10.2. The maximum absolute atomic E-state index is 11.4. The predicted octanol–water partition coefficient (Wildman–Crippen LogP) is 0.735. The van der Waals surface area contributed by atoms with Crippen molar-refractivity contribution in [1.29, 1.82) is 0 Å². The molecule has 5 heteroatoms. The van der Waals surface area contributed by atoms with Crippen molar-refractivity contribution < 1.29 is 18.3 Å². The molecule has 1 aromatic carbocycles. The molecule has 1 N–H and O–H groups in total. The highest BCUT2D eigenvalue weighted by Gasteiger charge is 2.15. The van der Waals surface area contributed by atoms with Crippen LogP contribution in [-0.4, -0.2) is 25.2 Å². The number of hydrogen-bond acceptors (Lipinski definition) is 3. The summed E-state index contributed by atoms with van der Waals surface area (Å²) in [5.74, 6) is -1.51. The van der Waals surface area contributed by atoms with Crippen molar-refractivity contribution in [2.24, 2.45) is 0 Å². The van der Waals surface area contributed by atoms with Gasteiger partial charge in [0, 0.05) is 6.07 Å². The van der Waals surface area contributed by atoms with Gasteiger partial charge in [0.15, 0.2) is 9.84 Å². The number of rotatable bonds is 4. The zero-order valence-corrected chi connectivity index (χ0v) is 8.12. The van der Waals surface area contributed by atoms with E-state index in [2.05, 4.69) is 6.07 Å². The van der Waals surface area contributed by atoms with Gasteiger partial charge in [-0.1, -0.05) is 18.2 Å². The number of aliphatic carboxylic acids is 1. The molecule has 0 saturated heterocycles. The molecule has 0 unspecified atom stereocenters. The topological polar surface area (TPSA) is 71.4 Å². The third-order valence-electron chi connectivity index (χ3n) is 1.60. The first kappa shape index (κ1) is 10.7. The Hall–Kier alpha value is -1.36. The van der Waals surface area contributed by atoms with Crippen LogP contribution in [-0.2, 0) is 14.6 Å². The van der Waals surface area contributed by atoms with Crippen LogP contribution in [0.15, 0.2) is 29.2 Å². The first-order chi connectivity index (χ1) is 6.52. The Morgan fingerprint density at radius 2 is 2.14 bits per heavy atom.